The summed E-state index contributed by atoms with van der Waals surface area (Å²) in [5.41, 5.74) is 17.1. The Kier molecular flexibility index (Phi) is 26.1. The van der Waals surface area contributed by atoms with E-state index in [1.165, 1.54) is 54.6 Å². The second-order valence-electron chi connectivity index (χ2n) is 32.5. The fourth-order valence-corrected chi connectivity index (χ4v) is 17.8. The summed E-state index contributed by atoms with van der Waals surface area (Å²) in [5, 5.41) is 42.6. The molecule has 5 aliphatic carbocycles. The summed E-state index contributed by atoms with van der Waals surface area (Å²) < 4.78 is 8.99. The molecule has 2 unspecified atom stereocenters. The molecule has 4 bridgehead atoms. The number of hydrogen-bond acceptors (Lipinski definition) is 14. The standard InChI is InChI=1S/C27H29N3O4.C24H24N2O3.C23H29NO3.C20H18O3S/c1-16(18-7-6-8-19(13-18)25(31)29-33)28-26(32)22-15-24-21(30(22)5)14-23(34-24)17-9-11-20(12-10-17)27(2,3)4;1-16(2)22(20-9-6-10-21(15-20)24(28)26-29)25-23(27)19-13-11-18(12-14-19)17-7-4-3-5-8-17;25-21(23-11-14-7-15(12-23)9-16(8-14)13-23)10-20(17-1-2-17)18-3-5-19(6-4-18)22(26)24-27;1-13(14-6-4-7-15(10-14)18(23)12-21)9-17(22)20-11-16-5-2-3-8-19(16)24-20/h6-16,33H,1-5H3,(H,28,32)(H,29,31);3-16,22,29H,1-2H3,(H,25,27)(H,26,28);3-6,14-17,20,27H,1-2,7-13H2,(H,24,26);2-8,10-11,13,21H,9,12H2,1H3/t;;14?,15?,16?,20-,23?;13-/m..00/s1. The van der Waals surface area contributed by atoms with E-state index < -0.39 is 24.3 Å². The minimum absolute atomic E-state index is 0.00848. The molecule has 8 aromatic carbocycles. The molecule has 114 heavy (non-hydrogen) atoms. The van der Waals surface area contributed by atoms with Gasteiger partial charge in [-0.3, -0.25) is 54.0 Å². The molecular formula is C94H100N6O13S. The number of Topliss-reactive ketones (excluding diaryl/α,β-unsaturated/α-hetero) is 3. The van der Waals surface area contributed by atoms with Gasteiger partial charge in [0.25, 0.3) is 29.5 Å². The third-order valence-electron chi connectivity index (χ3n) is 23.0. The smallest absolute Gasteiger partial charge is 0.274 e. The van der Waals surface area contributed by atoms with Gasteiger partial charge in [0.1, 0.15) is 23.8 Å². The van der Waals surface area contributed by atoms with Crippen LogP contribution in [0, 0.1) is 35.0 Å². The number of furan rings is 1. The Balaban J connectivity index is 0.000000142. The number of hydrogen-bond donors (Lipinski definition) is 9. The average Bonchev–Trinajstić information content (AvgIpc) is 0.837. The summed E-state index contributed by atoms with van der Waals surface area (Å²) in [5.74, 6) is 2.38. The average molecular weight is 1550 g/mol. The van der Waals surface area contributed by atoms with Crippen LogP contribution in [0.25, 0.3) is 43.6 Å². The number of nitrogens with one attached hydrogen (secondary N) is 5. The maximum atomic E-state index is 13.5. The number of aliphatic hydroxyl groups is 1. The summed E-state index contributed by atoms with van der Waals surface area (Å²) in [6.45, 7) is 13.9. The first-order valence-corrected chi connectivity index (χ1v) is 39.9. The highest BCUT2D eigenvalue weighted by molar-refractivity contribution is 7.20. The summed E-state index contributed by atoms with van der Waals surface area (Å²) in [6, 6.07) is 67.0. The molecule has 20 heteroatoms. The Morgan fingerprint density at radius 2 is 1.04 bits per heavy atom. The van der Waals surface area contributed by atoms with Crippen molar-refractivity contribution in [1.29, 1.82) is 0 Å². The number of carbonyl (C=O) groups excluding carboxylic acids is 8. The van der Waals surface area contributed by atoms with Crippen LogP contribution in [0.1, 0.15) is 236 Å². The lowest BCUT2D eigenvalue weighted by molar-refractivity contribution is -0.144. The van der Waals surface area contributed by atoms with Crippen molar-refractivity contribution in [3.8, 4) is 22.5 Å². The van der Waals surface area contributed by atoms with Gasteiger partial charge in [-0.15, -0.1) is 11.3 Å². The number of hydroxylamine groups is 3. The van der Waals surface area contributed by atoms with Crippen LogP contribution in [0.5, 0.6) is 0 Å². The number of ketones is 3. The Labute approximate surface area is 668 Å². The SMILES string of the molecule is CC(C)C(NC(=O)c1ccc(-c2ccccc2)cc1)c1cccc(C(=O)NO)c1.CC(NC(=O)c1cc2oc(-c3ccc(C(C)(C)C)cc3)cc2n1C)c1cccc(C(=O)NO)c1.C[C@@H](CC(=O)c1cc2ccccc2s1)c1cccc(C(=O)CO)c1.O=C(NO)c1ccc([C@@H](CC(=O)C23CC4CC(CC(C4)C2)C3)C2CC2)cc1. The first kappa shape index (κ1) is 82.2. The first-order valence-electron chi connectivity index (χ1n) is 39.1. The molecule has 5 saturated carbocycles. The number of aliphatic hydroxyl groups excluding tert-OH is 1. The highest BCUT2D eigenvalue weighted by atomic mass is 32.1. The summed E-state index contributed by atoms with van der Waals surface area (Å²) in [7, 11) is 1.83. The number of rotatable bonds is 23. The van der Waals surface area contributed by atoms with Crippen LogP contribution in [0.4, 0.5) is 0 Å². The third kappa shape index (κ3) is 19.7. The van der Waals surface area contributed by atoms with Gasteiger partial charge in [-0.25, -0.2) is 16.4 Å². The number of aromatic nitrogens is 1. The topological polar surface area (TPSA) is 296 Å². The maximum absolute atomic E-state index is 13.5. The van der Waals surface area contributed by atoms with Crippen LogP contribution >= 0.6 is 11.3 Å². The van der Waals surface area contributed by atoms with Gasteiger partial charge in [-0.05, 0) is 216 Å². The van der Waals surface area contributed by atoms with Crippen LogP contribution < -0.4 is 27.1 Å². The minimum Gasteiger partial charge on any atom is -0.454 e. The summed E-state index contributed by atoms with van der Waals surface area (Å²) in [4.78, 5) is 99.2. The van der Waals surface area contributed by atoms with Gasteiger partial charge in [0.15, 0.2) is 17.1 Å². The molecule has 590 valence electrons. The molecule has 3 aromatic heterocycles. The molecule has 0 saturated heterocycles. The van der Waals surface area contributed by atoms with Gasteiger partial charge in [0.05, 0.1) is 22.5 Å². The normalized spacial score (nSPS) is 17.6. The van der Waals surface area contributed by atoms with Crippen LogP contribution in [0.2, 0.25) is 0 Å². The van der Waals surface area contributed by atoms with Crippen molar-refractivity contribution in [2.24, 2.45) is 42.1 Å². The van der Waals surface area contributed by atoms with Crippen molar-refractivity contribution in [3.63, 3.8) is 0 Å². The van der Waals surface area contributed by atoms with Gasteiger partial charge in [-0.1, -0.05) is 181 Å². The lowest BCUT2D eigenvalue weighted by atomic mass is 9.48. The van der Waals surface area contributed by atoms with Crippen molar-refractivity contribution >= 4 is 79.4 Å². The summed E-state index contributed by atoms with van der Waals surface area (Å²) >= 11 is 1.52. The Morgan fingerprint density at radius 3 is 1.61 bits per heavy atom. The molecule has 3 heterocycles. The van der Waals surface area contributed by atoms with E-state index >= 15 is 0 Å². The van der Waals surface area contributed by atoms with Crippen molar-refractivity contribution in [2.75, 3.05) is 6.61 Å². The van der Waals surface area contributed by atoms with E-state index in [9.17, 15) is 38.4 Å². The first-order chi connectivity index (χ1) is 54.7. The maximum Gasteiger partial charge on any atom is 0.274 e. The van der Waals surface area contributed by atoms with E-state index in [0.29, 0.717) is 63.6 Å². The second kappa shape index (κ2) is 36.3. The summed E-state index contributed by atoms with van der Waals surface area (Å²) in [6.07, 6.45) is 11.0. The molecule has 5 fully saturated rings. The number of amides is 5. The van der Waals surface area contributed by atoms with E-state index in [-0.39, 0.29) is 64.0 Å². The Morgan fingerprint density at radius 1 is 0.509 bits per heavy atom. The highest BCUT2D eigenvalue weighted by Gasteiger charge is 2.55. The molecular weight excluding hydrogens is 1450 g/mol. The van der Waals surface area contributed by atoms with Crippen molar-refractivity contribution < 1.29 is 63.5 Å². The molecule has 19 nitrogen and oxygen atoms in total. The number of carbonyl (C=O) groups is 8. The lowest BCUT2D eigenvalue weighted by Gasteiger charge is -2.56. The van der Waals surface area contributed by atoms with Gasteiger partial charge < -0.3 is 24.7 Å². The van der Waals surface area contributed by atoms with Gasteiger partial charge in [-0.2, -0.15) is 0 Å². The molecule has 0 radical (unpaired) electrons. The Bertz CT molecular complexity index is 5210. The van der Waals surface area contributed by atoms with Gasteiger partial charge in [0, 0.05) is 75.5 Å². The third-order valence-corrected chi connectivity index (χ3v) is 24.1. The zero-order valence-corrected chi connectivity index (χ0v) is 66.4. The quantitative estimate of drug-likeness (QED) is 0.0164. The van der Waals surface area contributed by atoms with Crippen LogP contribution in [0.3, 0.4) is 0 Å². The Hall–Kier alpha value is -11.3. The fourth-order valence-electron chi connectivity index (χ4n) is 16.8. The van der Waals surface area contributed by atoms with E-state index in [4.69, 9.17) is 25.1 Å². The van der Waals surface area contributed by atoms with Gasteiger partial charge >= 0.3 is 0 Å². The van der Waals surface area contributed by atoms with Crippen LogP contribution in [-0.2, 0) is 17.3 Å². The van der Waals surface area contributed by atoms with Gasteiger partial charge in [0.2, 0.25) is 0 Å². The largest absolute Gasteiger partial charge is 0.454 e. The number of aryl methyl sites for hydroxylation is 1. The predicted molar refractivity (Wildman–Crippen MR) is 442 cm³/mol. The number of thiophene rings is 1. The minimum atomic E-state index is -0.605. The molecule has 4 atom stereocenters. The van der Waals surface area contributed by atoms with Crippen molar-refractivity contribution in [3.05, 3.63) is 285 Å². The molecule has 0 aliphatic heterocycles. The van der Waals surface area contributed by atoms with E-state index in [1.54, 1.807) is 89.2 Å². The van der Waals surface area contributed by atoms with E-state index in [0.717, 1.165) is 96.6 Å². The number of fused-ring (bicyclic) bond motifs is 2. The molecule has 11 aromatic rings. The second-order valence-corrected chi connectivity index (χ2v) is 33.5. The monoisotopic (exact) mass is 1550 g/mol. The van der Waals surface area contributed by atoms with Crippen LogP contribution in [-0.4, -0.2) is 78.8 Å². The van der Waals surface area contributed by atoms with E-state index in [2.05, 4.69) is 55.7 Å². The van der Waals surface area contributed by atoms with E-state index in [1.807, 2.05) is 161 Å². The fraction of sp³-hybridized carbons (Fsp3) is 0.319. The highest BCUT2D eigenvalue weighted by Crippen LogP contribution is 2.61. The molecule has 16 rings (SSSR count). The zero-order valence-electron chi connectivity index (χ0n) is 65.6. The number of benzene rings is 8. The number of nitrogens with zero attached hydrogens (tertiary/aromatic N) is 1. The van der Waals surface area contributed by atoms with Crippen LogP contribution in [0.15, 0.2) is 223 Å². The van der Waals surface area contributed by atoms with Crippen molar-refractivity contribution in [1.82, 2.24) is 31.6 Å². The lowest BCUT2D eigenvalue weighted by Crippen LogP contribution is -2.50. The zero-order chi connectivity index (χ0) is 81.1. The molecule has 5 aliphatic rings. The van der Waals surface area contributed by atoms with Crippen molar-refractivity contribution in [2.45, 2.75) is 142 Å². The molecule has 9 N–H and O–H groups in total. The predicted octanol–water partition coefficient (Wildman–Crippen LogP) is 18.9. The molecule has 5 amide bonds. The molecule has 0 spiro atoms.